The minimum absolute atomic E-state index is 0.0762. The molecule has 2 aliphatic heterocycles. The zero-order valence-corrected chi connectivity index (χ0v) is 13.9. The summed E-state index contributed by atoms with van der Waals surface area (Å²) in [5.74, 6) is 1.33. The lowest BCUT2D eigenvalue weighted by molar-refractivity contribution is 0.0927. The van der Waals surface area contributed by atoms with Crippen molar-refractivity contribution >= 4 is 6.03 Å². The number of carbonyl (C=O) groups is 1. The number of amides is 2. The summed E-state index contributed by atoms with van der Waals surface area (Å²) in [5.41, 5.74) is 1.10. The molecule has 0 aromatic heterocycles. The van der Waals surface area contributed by atoms with Crippen LogP contribution in [0.2, 0.25) is 0 Å². The zero-order valence-electron chi connectivity index (χ0n) is 13.9. The van der Waals surface area contributed by atoms with Gasteiger partial charge in [-0.1, -0.05) is 18.2 Å². The van der Waals surface area contributed by atoms with Gasteiger partial charge in [-0.25, -0.2) is 4.79 Å². The van der Waals surface area contributed by atoms with E-state index in [0.717, 1.165) is 24.2 Å². The van der Waals surface area contributed by atoms with Gasteiger partial charge in [-0.15, -0.1) is 0 Å². The van der Waals surface area contributed by atoms with Gasteiger partial charge in [0.15, 0.2) is 0 Å². The number of ether oxygens (including phenoxy) is 2. The van der Waals surface area contributed by atoms with Crippen LogP contribution in [0.15, 0.2) is 24.3 Å². The average molecular weight is 318 g/mol. The molecule has 5 nitrogen and oxygen atoms in total. The van der Waals surface area contributed by atoms with E-state index in [2.05, 4.69) is 10.6 Å². The predicted molar refractivity (Wildman–Crippen MR) is 88.7 cm³/mol. The van der Waals surface area contributed by atoms with E-state index in [1.165, 1.54) is 6.42 Å². The number of para-hydroxylation sites is 1. The average Bonchev–Trinajstić information content (AvgIpc) is 3.16. The summed E-state index contributed by atoms with van der Waals surface area (Å²) in [4.78, 5) is 11.9. The molecule has 126 valence electrons. The van der Waals surface area contributed by atoms with Crippen molar-refractivity contribution in [3.05, 3.63) is 29.8 Å². The second-order valence-electron chi connectivity index (χ2n) is 6.65. The van der Waals surface area contributed by atoms with E-state index in [9.17, 15) is 4.79 Å². The first-order valence-corrected chi connectivity index (χ1v) is 8.51. The van der Waals surface area contributed by atoms with E-state index in [4.69, 9.17) is 9.47 Å². The molecule has 2 heterocycles. The molecule has 2 amide bonds. The van der Waals surface area contributed by atoms with Crippen LogP contribution in [0.25, 0.3) is 0 Å². The van der Waals surface area contributed by atoms with Crippen molar-refractivity contribution in [2.24, 2.45) is 5.92 Å². The number of carbonyl (C=O) groups excluding carboxylic acids is 1. The van der Waals surface area contributed by atoms with Crippen LogP contribution >= 0.6 is 0 Å². The molecule has 23 heavy (non-hydrogen) atoms. The first-order valence-electron chi connectivity index (χ1n) is 8.51. The fourth-order valence-corrected chi connectivity index (χ4v) is 3.43. The summed E-state index contributed by atoms with van der Waals surface area (Å²) in [6.07, 6.45) is 4.10. The van der Waals surface area contributed by atoms with Crippen LogP contribution < -0.4 is 15.4 Å². The summed E-state index contributed by atoms with van der Waals surface area (Å²) in [5, 5.41) is 5.83. The summed E-state index contributed by atoms with van der Waals surface area (Å²) >= 11 is 0. The molecule has 2 N–H and O–H groups in total. The van der Waals surface area contributed by atoms with Crippen molar-refractivity contribution in [1.29, 1.82) is 0 Å². The lowest BCUT2D eigenvalue weighted by Crippen LogP contribution is -2.43. The van der Waals surface area contributed by atoms with Crippen molar-refractivity contribution in [2.75, 3.05) is 13.1 Å². The summed E-state index contributed by atoms with van der Waals surface area (Å²) in [6, 6.07) is 7.76. The fraction of sp³-hybridized carbons (Fsp3) is 0.611. The molecule has 0 aliphatic carbocycles. The minimum atomic E-state index is -0.131. The normalized spacial score (nSPS) is 26.8. The highest BCUT2D eigenvalue weighted by atomic mass is 16.5. The van der Waals surface area contributed by atoms with Crippen LogP contribution in [0.3, 0.4) is 0 Å². The molecule has 3 rings (SSSR count). The molecule has 0 spiro atoms. The molecule has 2 aliphatic rings. The highest BCUT2D eigenvalue weighted by Crippen LogP contribution is 2.38. The SMILES string of the molecule is Cc1ccccc1O[C@@H](C)CNC(=O)NC[C@@H]1C[C@H]2CC[C@H]1O2. The molecule has 0 unspecified atom stereocenters. The smallest absolute Gasteiger partial charge is 0.314 e. The molecule has 0 radical (unpaired) electrons. The Morgan fingerprint density at radius 2 is 2.17 bits per heavy atom. The number of urea groups is 1. The molecular weight excluding hydrogens is 292 g/mol. The van der Waals surface area contributed by atoms with Gasteiger partial charge >= 0.3 is 6.03 Å². The van der Waals surface area contributed by atoms with Crippen LogP contribution in [-0.2, 0) is 4.74 Å². The zero-order chi connectivity index (χ0) is 16.2. The van der Waals surface area contributed by atoms with Crippen molar-refractivity contribution in [2.45, 2.75) is 51.4 Å². The summed E-state index contributed by atoms with van der Waals surface area (Å²) in [6.45, 7) is 5.14. The van der Waals surface area contributed by atoms with Crippen LogP contribution in [0.5, 0.6) is 5.75 Å². The van der Waals surface area contributed by atoms with Crippen molar-refractivity contribution in [3.8, 4) is 5.75 Å². The lowest BCUT2D eigenvalue weighted by atomic mass is 9.89. The van der Waals surface area contributed by atoms with E-state index >= 15 is 0 Å². The third kappa shape index (κ3) is 4.16. The largest absolute Gasteiger partial charge is 0.489 e. The molecule has 1 aromatic carbocycles. The van der Waals surface area contributed by atoms with Crippen LogP contribution in [-0.4, -0.2) is 37.4 Å². The molecule has 4 atom stereocenters. The molecule has 1 aromatic rings. The maximum atomic E-state index is 11.9. The Bertz CT molecular complexity index is 549. The monoisotopic (exact) mass is 318 g/mol. The van der Waals surface area contributed by atoms with Gasteiger partial charge in [-0.05, 0) is 44.7 Å². The Morgan fingerprint density at radius 3 is 2.87 bits per heavy atom. The van der Waals surface area contributed by atoms with Gasteiger partial charge in [0.1, 0.15) is 11.9 Å². The van der Waals surface area contributed by atoms with Crippen LogP contribution in [0.4, 0.5) is 4.79 Å². The van der Waals surface area contributed by atoms with Gasteiger partial charge in [-0.2, -0.15) is 0 Å². The number of nitrogens with one attached hydrogen (secondary N) is 2. The van der Waals surface area contributed by atoms with Gasteiger partial charge in [0, 0.05) is 12.5 Å². The van der Waals surface area contributed by atoms with Gasteiger partial charge in [0.05, 0.1) is 18.8 Å². The Hall–Kier alpha value is -1.75. The van der Waals surface area contributed by atoms with E-state index < -0.39 is 0 Å². The van der Waals surface area contributed by atoms with Crippen molar-refractivity contribution in [3.63, 3.8) is 0 Å². The topological polar surface area (TPSA) is 59.6 Å². The Balaban J connectivity index is 1.35. The quantitative estimate of drug-likeness (QED) is 0.848. The lowest BCUT2D eigenvalue weighted by Gasteiger charge is -2.20. The number of benzene rings is 1. The van der Waals surface area contributed by atoms with Crippen LogP contribution in [0, 0.1) is 12.8 Å². The van der Waals surface area contributed by atoms with Gasteiger partial charge in [-0.3, -0.25) is 0 Å². The summed E-state index contributed by atoms with van der Waals surface area (Å²) in [7, 11) is 0. The number of aryl methyl sites for hydroxylation is 1. The number of fused-ring (bicyclic) bond motifs is 2. The standard InChI is InChI=1S/C18H26N2O3/c1-12-5-3-4-6-16(12)22-13(2)10-19-18(21)20-11-14-9-15-7-8-17(14)23-15/h3-6,13-15,17H,7-11H2,1-2H3,(H2,19,20,21)/t13-,14-,15+,17+/m0/s1. The van der Waals surface area contributed by atoms with Crippen molar-refractivity contribution < 1.29 is 14.3 Å². The van der Waals surface area contributed by atoms with Crippen molar-refractivity contribution in [1.82, 2.24) is 10.6 Å². The van der Waals surface area contributed by atoms with E-state index in [1.54, 1.807) is 0 Å². The number of hydrogen-bond donors (Lipinski definition) is 2. The second-order valence-corrected chi connectivity index (χ2v) is 6.65. The Labute approximate surface area is 137 Å². The fourth-order valence-electron chi connectivity index (χ4n) is 3.43. The first-order chi connectivity index (χ1) is 11.1. The number of rotatable bonds is 6. The highest BCUT2D eigenvalue weighted by molar-refractivity contribution is 5.73. The molecule has 2 saturated heterocycles. The van der Waals surface area contributed by atoms with Gasteiger partial charge in [0.2, 0.25) is 0 Å². The predicted octanol–water partition coefficient (Wildman–Crippen LogP) is 2.63. The first kappa shape index (κ1) is 16.1. The third-order valence-corrected chi connectivity index (χ3v) is 4.73. The van der Waals surface area contributed by atoms with Crippen LogP contribution in [0.1, 0.15) is 31.7 Å². The Morgan fingerprint density at radius 1 is 1.35 bits per heavy atom. The molecular formula is C18H26N2O3. The van der Waals surface area contributed by atoms with Gasteiger partial charge in [0.25, 0.3) is 0 Å². The van der Waals surface area contributed by atoms with E-state index in [0.29, 0.717) is 31.2 Å². The van der Waals surface area contributed by atoms with Gasteiger partial charge < -0.3 is 20.1 Å². The highest BCUT2D eigenvalue weighted by Gasteiger charge is 2.40. The second kappa shape index (κ2) is 7.21. The summed E-state index contributed by atoms with van der Waals surface area (Å²) < 4.78 is 11.7. The third-order valence-electron chi connectivity index (χ3n) is 4.73. The maximum absolute atomic E-state index is 11.9. The molecule has 2 fully saturated rings. The van der Waals surface area contributed by atoms with E-state index in [1.807, 2.05) is 38.1 Å². The molecule has 5 heteroatoms. The maximum Gasteiger partial charge on any atom is 0.314 e. The number of hydrogen-bond acceptors (Lipinski definition) is 3. The molecule has 2 bridgehead atoms. The van der Waals surface area contributed by atoms with E-state index in [-0.39, 0.29) is 12.1 Å². The Kier molecular flexibility index (Phi) is 5.06. The minimum Gasteiger partial charge on any atom is -0.489 e. The molecule has 0 saturated carbocycles.